The number of amides is 1. The lowest BCUT2D eigenvalue weighted by Crippen LogP contribution is -2.51. The summed E-state index contributed by atoms with van der Waals surface area (Å²) in [5.41, 5.74) is 1.30. The fraction of sp³-hybridized carbons (Fsp3) is 0.739. The number of carbonyl (C=O) groups is 1. The van der Waals surface area contributed by atoms with Gasteiger partial charge in [-0.05, 0) is 82.9 Å². The second-order valence-electron chi connectivity index (χ2n) is 9.04. The van der Waals surface area contributed by atoms with E-state index in [0.29, 0.717) is 6.04 Å². The second kappa shape index (κ2) is 10.5. The van der Waals surface area contributed by atoms with Crippen molar-refractivity contribution < 1.29 is 4.79 Å². The van der Waals surface area contributed by atoms with Crippen LogP contribution in [-0.4, -0.2) is 84.0 Å². The maximum absolute atomic E-state index is 12.7. The summed E-state index contributed by atoms with van der Waals surface area (Å²) in [5, 5.41) is 3.22. The Balaban J connectivity index is 1.18. The van der Waals surface area contributed by atoms with E-state index in [1.54, 1.807) is 0 Å². The summed E-state index contributed by atoms with van der Waals surface area (Å²) in [7, 11) is 0. The van der Waals surface area contributed by atoms with Crippen LogP contribution in [0, 0.1) is 5.92 Å². The molecule has 1 aromatic heterocycles. The summed E-state index contributed by atoms with van der Waals surface area (Å²) in [6.45, 7) is 9.61. The Morgan fingerprint density at radius 3 is 2.62 bits per heavy atom. The lowest BCUT2D eigenvalue weighted by molar-refractivity contribution is -0.127. The Labute approximate surface area is 175 Å². The summed E-state index contributed by atoms with van der Waals surface area (Å²) in [5.74, 6) is 0.457. The molecule has 3 aliphatic rings. The van der Waals surface area contributed by atoms with Crippen LogP contribution in [0.1, 0.15) is 44.1 Å². The van der Waals surface area contributed by atoms with Gasteiger partial charge in [-0.25, -0.2) is 0 Å². The van der Waals surface area contributed by atoms with Gasteiger partial charge in [-0.3, -0.25) is 19.6 Å². The lowest BCUT2D eigenvalue weighted by atomic mass is 9.93. The fourth-order valence-corrected chi connectivity index (χ4v) is 5.23. The number of piperidine rings is 2. The van der Waals surface area contributed by atoms with Crippen molar-refractivity contribution in [3.05, 3.63) is 30.1 Å². The fourth-order valence-electron chi connectivity index (χ4n) is 5.23. The number of pyridine rings is 1. The third-order valence-corrected chi connectivity index (χ3v) is 6.95. The summed E-state index contributed by atoms with van der Waals surface area (Å²) < 4.78 is 0. The Hall–Kier alpha value is -1.50. The van der Waals surface area contributed by atoms with Crippen molar-refractivity contribution in [1.29, 1.82) is 0 Å². The maximum Gasteiger partial charge on any atom is 0.224 e. The smallest absolute Gasteiger partial charge is 0.224 e. The highest BCUT2D eigenvalue weighted by atomic mass is 16.1. The number of aromatic nitrogens is 1. The first-order valence-corrected chi connectivity index (χ1v) is 11.6. The van der Waals surface area contributed by atoms with Crippen molar-refractivity contribution in [1.82, 2.24) is 25.0 Å². The first-order chi connectivity index (χ1) is 14.3. The standard InChI is InChI=1S/C23H37N5O/c29-23(25-10-16-26-11-1-2-12-26)21-6-4-13-28(19-21)22-7-14-27(15-8-22)18-20-5-3-9-24-17-20/h3,5,9,17,21-22H,1-2,4,6-8,10-16,18-19H2,(H,25,29)/t21-/m1/s1. The van der Waals surface area contributed by atoms with Crippen LogP contribution in [0.4, 0.5) is 0 Å². The maximum atomic E-state index is 12.7. The largest absolute Gasteiger partial charge is 0.355 e. The van der Waals surface area contributed by atoms with E-state index in [0.717, 1.165) is 58.7 Å². The monoisotopic (exact) mass is 399 g/mol. The molecule has 6 nitrogen and oxygen atoms in total. The first kappa shape index (κ1) is 20.8. The zero-order chi connectivity index (χ0) is 19.9. The molecule has 1 N–H and O–H groups in total. The van der Waals surface area contributed by atoms with Gasteiger partial charge in [0.05, 0.1) is 5.92 Å². The van der Waals surface area contributed by atoms with Gasteiger partial charge in [-0.1, -0.05) is 6.07 Å². The Morgan fingerprint density at radius 1 is 1.03 bits per heavy atom. The van der Waals surface area contributed by atoms with Crippen LogP contribution >= 0.6 is 0 Å². The topological polar surface area (TPSA) is 51.7 Å². The van der Waals surface area contributed by atoms with E-state index in [2.05, 4.69) is 31.1 Å². The average Bonchev–Trinajstić information content (AvgIpc) is 3.29. The third kappa shape index (κ3) is 6.00. The molecule has 0 radical (unpaired) electrons. The molecule has 6 heteroatoms. The van der Waals surface area contributed by atoms with Gasteiger partial charge in [0.25, 0.3) is 0 Å². The van der Waals surface area contributed by atoms with Gasteiger partial charge in [-0.15, -0.1) is 0 Å². The number of rotatable bonds is 7. The molecule has 3 fully saturated rings. The zero-order valence-corrected chi connectivity index (χ0v) is 17.8. The van der Waals surface area contributed by atoms with Crippen LogP contribution < -0.4 is 5.32 Å². The number of carbonyl (C=O) groups excluding carboxylic acids is 1. The van der Waals surface area contributed by atoms with Crippen molar-refractivity contribution in [3.63, 3.8) is 0 Å². The SMILES string of the molecule is O=C(NCCN1CCCC1)[C@@H]1CCCN(C2CCN(Cc3cccnc3)CC2)C1. The van der Waals surface area contributed by atoms with E-state index >= 15 is 0 Å². The van der Waals surface area contributed by atoms with E-state index in [1.165, 1.54) is 44.3 Å². The number of nitrogens with zero attached hydrogens (tertiary/aromatic N) is 4. The molecule has 3 aliphatic heterocycles. The van der Waals surface area contributed by atoms with E-state index in [-0.39, 0.29) is 11.8 Å². The van der Waals surface area contributed by atoms with Gasteiger partial charge >= 0.3 is 0 Å². The third-order valence-electron chi connectivity index (χ3n) is 6.95. The number of likely N-dealkylation sites (tertiary alicyclic amines) is 3. The molecule has 0 aromatic carbocycles. The van der Waals surface area contributed by atoms with Gasteiger partial charge in [0.15, 0.2) is 0 Å². The van der Waals surface area contributed by atoms with Crippen LogP contribution in [0.2, 0.25) is 0 Å². The van der Waals surface area contributed by atoms with Crippen LogP contribution in [0.3, 0.4) is 0 Å². The van der Waals surface area contributed by atoms with Crippen LogP contribution in [0.15, 0.2) is 24.5 Å². The second-order valence-corrected chi connectivity index (χ2v) is 9.04. The normalized spacial score (nSPS) is 25.3. The van der Waals surface area contributed by atoms with E-state index < -0.39 is 0 Å². The van der Waals surface area contributed by atoms with Crippen LogP contribution in [0.5, 0.6) is 0 Å². The minimum Gasteiger partial charge on any atom is -0.355 e. The molecule has 0 aliphatic carbocycles. The summed E-state index contributed by atoms with van der Waals surface area (Å²) in [4.78, 5) is 24.5. The molecular weight excluding hydrogens is 362 g/mol. The van der Waals surface area contributed by atoms with Gasteiger partial charge < -0.3 is 10.2 Å². The molecule has 0 unspecified atom stereocenters. The quantitative estimate of drug-likeness (QED) is 0.760. The van der Waals surface area contributed by atoms with E-state index in [9.17, 15) is 4.79 Å². The lowest BCUT2D eigenvalue weighted by Gasteiger charge is -2.42. The molecule has 0 spiro atoms. The van der Waals surface area contributed by atoms with E-state index in [4.69, 9.17) is 0 Å². The minimum atomic E-state index is 0.177. The van der Waals surface area contributed by atoms with Crippen molar-refractivity contribution in [2.24, 2.45) is 5.92 Å². The molecule has 29 heavy (non-hydrogen) atoms. The zero-order valence-electron chi connectivity index (χ0n) is 17.8. The molecule has 1 atom stereocenters. The average molecular weight is 400 g/mol. The number of hydrogen-bond acceptors (Lipinski definition) is 5. The predicted octanol–water partition coefficient (Wildman–Crippen LogP) is 1.97. The number of hydrogen-bond donors (Lipinski definition) is 1. The molecule has 4 heterocycles. The molecule has 1 aromatic rings. The summed E-state index contributed by atoms with van der Waals surface area (Å²) in [6, 6.07) is 4.82. The van der Waals surface area contributed by atoms with Crippen molar-refractivity contribution in [2.75, 3.05) is 52.4 Å². The van der Waals surface area contributed by atoms with Crippen LogP contribution in [0.25, 0.3) is 0 Å². The van der Waals surface area contributed by atoms with Crippen molar-refractivity contribution >= 4 is 5.91 Å². The highest BCUT2D eigenvalue weighted by Crippen LogP contribution is 2.24. The highest BCUT2D eigenvalue weighted by molar-refractivity contribution is 5.78. The molecule has 0 saturated carbocycles. The van der Waals surface area contributed by atoms with Gasteiger partial charge in [-0.2, -0.15) is 0 Å². The van der Waals surface area contributed by atoms with Gasteiger partial charge in [0, 0.05) is 44.6 Å². The molecule has 1 amide bonds. The number of nitrogens with one attached hydrogen (secondary N) is 1. The minimum absolute atomic E-state index is 0.177. The van der Waals surface area contributed by atoms with Crippen LogP contribution in [-0.2, 0) is 11.3 Å². The molecule has 3 saturated heterocycles. The molecular formula is C23H37N5O. The van der Waals surface area contributed by atoms with Crippen molar-refractivity contribution in [2.45, 2.75) is 51.1 Å². The summed E-state index contributed by atoms with van der Waals surface area (Å²) >= 11 is 0. The molecule has 160 valence electrons. The van der Waals surface area contributed by atoms with E-state index in [1.807, 2.05) is 18.5 Å². The van der Waals surface area contributed by atoms with Gasteiger partial charge in [0.2, 0.25) is 5.91 Å². The molecule has 0 bridgehead atoms. The summed E-state index contributed by atoms with van der Waals surface area (Å²) in [6.07, 6.45) is 11.1. The predicted molar refractivity (Wildman–Crippen MR) is 116 cm³/mol. The molecule has 4 rings (SSSR count). The van der Waals surface area contributed by atoms with Gasteiger partial charge in [0.1, 0.15) is 0 Å². The Kier molecular flexibility index (Phi) is 7.52. The van der Waals surface area contributed by atoms with Crippen molar-refractivity contribution in [3.8, 4) is 0 Å². The Bertz CT molecular complexity index is 625. The Morgan fingerprint density at radius 2 is 1.86 bits per heavy atom. The first-order valence-electron chi connectivity index (χ1n) is 11.6. The highest BCUT2D eigenvalue weighted by Gasteiger charge is 2.31.